The van der Waals surface area contributed by atoms with Gasteiger partial charge in [-0.3, -0.25) is 15.6 Å². The lowest BCUT2D eigenvalue weighted by Gasteiger charge is -2.10. The smallest absolute Gasteiger partial charge is 0.259 e. The Morgan fingerprint density at radius 1 is 1.42 bits per heavy atom. The van der Waals surface area contributed by atoms with Gasteiger partial charge in [-0.1, -0.05) is 0 Å². The molecule has 98 valence electrons. The van der Waals surface area contributed by atoms with E-state index >= 15 is 0 Å². The van der Waals surface area contributed by atoms with Crippen LogP contribution in [0.5, 0.6) is 0 Å². The predicted octanol–water partition coefficient (Wildman–Crippen LogP) is 2.09. The molecule has 2 rings (SSSR count). The van der Waals surface area contributed by atoms with Gasteiger partial charge in [0.15, 0.2) is 0 Å². The fourth-order valence-corrected chi connectivity index (χ4v) is 2.00. The Kier molecular flexibility index (Phi) is 4.08. The van der Waals surface area contributed by atoms with E-state index in [9.17, 15) is 4.79 Å². The number of nitrogens with two attached hydrogens (primary N) is 1. The molecule has 0 aliphatic heterocycles. The first-order valence-electron chi connectivity index (χ1n) is 5.46. The van der Waals surface area contributed by atoms with Crippen molar-refractivity contribution in [2.75, 3.05) is 10.7 Å². The summed E-state index contributed by atoms with van der Waals surface area (Å²) < 4.78 is 0.858. The summed E-state index contributed by atoms with van der Waals surface area (Å²) in [6.07, 6.45) is 4.63. The first-order valence-corrected chi connectivity index (χ1v) is 6.25. The van der Waals surface area contributed by atoms with Crippen molar-refractivity contribution in [3.63, 3.8) is 0 Å². The Hall–Kier alpha value is -1.99. The molecule has 7 heteroatoms. The lowest BCUT2D eigenvalue weighted by Crippen LogP contribution is -2.18. The minimum Gasteiger partial charge on any atom is -0.322 e. The molecule has 0 aromatic carbocycles. The average Bonchev–Trinajstić information content (AvgIpc) is 2.41. The molecule has 1 amide bonds. The maximum atomic E-state index is 12.1. The third kappa shape index (κ3) is 3.07. The highest BCUT2D eigenvalue weighted by molar-refractivity contribution is 9.10. The van der Waals surface area contributed by atoms with Gasteiger partial charge in [-0.05, 0) is 40.5 Å². The largest absolute Gasteiger partial charge is 0.322 e. The number of aromatic nitrogens is 2. The van der Waals surface area contributed by atoms with Crippen molar-refractivity contribution >= 4 is 33.3 Å². The molecule has 6 nitrogen and oxygen atoms in total. The summed E-state index contributed by atoms with van der Waals surface area (Å²) in [6.45, 7) is 1.86. The number of nitrogens with zero attached hydrogens (tertiary/aromatic N) is 2. The monoisotopic (exact) mass is 321 g/mol. The molecule has 0 aliphatic carbocycles. The molecule has 2 heterocycles. The number of carbonyl (C=O) groups excluding carboxylic acids is 1. The van der Waals surface area contributed by atoms with Gasteiger partial charge in [0.25, 0.3) is 5.91 Å². The van der Waals surface area contributed by atoms with Crippen LogP contribution in [-0.4, -0.2) is 15.9 Å². The van der Waals surface area contributed by atoms with Gasteiger partial charge in [0.2, 0.25) is 0 Å². The summed E-state index contributed by atoms with van der Waals surface area (Å²) in [4.78, 5) is 20.2. The second-order valence-corrected chi connectivity index (χ2v) is 4.75. The van der Waals surface area contributed by atoms with Crippen LogP contribution >= 0.6 is 15.9 Å². The van der Waals surface area contributed by atoms with E-state index in [1.54, 1.807) is 12.3 Å². The number of pyridine rings is 2. The maximum Gasteiger partial charge on any atom is 0.259 e. The molecule has 0 radical (unpaired) electrons. The second-order valence-electron chi connectivity index (χ2n) is 3.84. The highest BCUT2D eigenvalue weighted by Crippen LogP contribution is 2.19. The standard InChI is InChI=1S/C12H12BrN5O/c1-7-4-8(13)5-16-11(7)17-12(19)9-2-3-15-6-10(9)18-14/h2-6,18H,14H2,1H3,(H,16,17,19). The molecular formula is C12H12BrN5O. The quantitative estimate of drug-likeness (QED) is 0.594. The van der Waals surface area contributed by atoms with Crippen molar-refractivity contribution in [2.24, 2.45) is 5.84 Å². The fourth-order valence-electron chi connectivity index (χ4n) is 1.55. The summed E-state index contributed by atoms with van der Waals surface area (Å²) >= 11 is 3.32. The Morgan fingerprint density at radius 3 is 2.89 bits per heavy atom. The van der Waals surface area contributed by atoms with E-state index in [2.05, 4.69) is 36.6 Å². The minimum absolute atomic E-state index is 0.298. The van der Waals surface area contributed by atoms with Gasteiger partial charge < -0.3 is 10.7 Å². The molecule has 0 saturated heterocycles. The van der Waals surface area contributed by atoms with Crippen molar-refractivity contribution in [1.29, 1.82) is 0 Å². The van der Waals surface area contributed by atoms with Crippen molar-refractivity contribution in [3.8, 4) is 0 Å². The van der Waals surface area contributed by atoms with E-state index in [1.807, 2.05) is 13.0 Å². The number of halogens is 1. The number of hydrogen-bond donors (Lipinski definition) is 3. The zero-order chi connectivity index (χ0) is 13.8. The summed E-state index contributed by atoms with van der Waals surface area (Å²) in [5.41, 5.74) is 4.15. The van der Waals surface area contributed by atoms with E-state index in [0.29, 0.717) is 17.1 Å². The fraction of sp³-hybridized carbons (Fsp3) is 0.0833. The van der Waals surface area contributed by atoms with Crippen LogP contribution in [0.4, 0.5) is 11.5 Å². The van der Waals surface area contributed by atoms with Crippen molar-refractivity contribution in [3.05, 3.63) is 46.3 Å². The molecule has 0 aliphatic rings. The van der Waals surface area contributed by atoms with Gasteiger partial charge in [-0.25, -0.2) is 4.98 Å². The van der Waals surface area contributed by atoms with Crippen LogP contribution in [0, 0.1) is 6.92 Å². The number of rotatable bonds is 3. The number of hydrazine groups is 1. The molecule has 0 spiro atoms. The third-order valence-electron chi connectivity index (χ3n) is 2.50. The van der Waals surface area contributed by atoms with Gasteiger partial charge >= 0.3 is 0 Å². The van der Waals surface area contributed by atoms with E-state index in [1.165, 1.54) is 12.4 Å². The van der Waals surface area contributed by atoms with E-state index in [-0.39, 0.29) is 5.91 Å². The Labute approximate surface area is 118 Å². The summed E-state index contributed by atoms with van der Waals surface area (Å²) in [5, 5.41) is 2.73. The van der Waals surface area contributed by atoms with E-state index < -0.39 is 0 Å². The van der Waals surface area contributed by atoms with Crippen LogP contribution in [0.3, 0.4) is 0 Å². The van der Waals surface area contributed by atoms with Gasteiger partial charge in [0.05, 0.1) is 17.4 Å². The Balaban J connectivity index is 2.26. The SMILES string of the molecule is Cc1cc(Br)cnc1NC(=O)c1ccncc1NN. The zero-order valence-corrected chi connectivity index (χ0v) is 11.7. The van der Waals surface area contributed by atoms with Crippen LogP contribution in [0.25, 0.3) is 0 Å². The second kappa shape index (κ2) is 5.77. The number of nitrogens with one attached hydrogen (secondary N) is 2. The molecule has 0 fully saturated rings. The Morgan fingerprint density at radius 2 is 2.21 bits per heavy atom. The lowest BCUT2D eigenvalue weighted by molar-refractivity contribution is 0.102. The average molecular weight is 322 g/mol. The maximum absolute atomic E-state index is 12.1. The van der Waals surface area contributed by atoms with Gasteiger partial charge in [-0.15, -0.1) is 0 Å². The molecule has 0 bridgehead atoms. The molecular weight excluding hydrogens is 310 g/mol. The van der Waals surface area contributed by atoms with Crippen LogP contribution in [0.2, 0.25) is 0 Å². The normalized spacial score (nSPS) is 10.1. The zero-order valence-electron chi connectivity index (χ0n) is 10.1. The predicted molar refractivity (Wildman–Crippen MR) is 76.7 cm³/mol. The van der Waals surface area contributed by atoms with E-state index in [4.69, 9.17) is 5.84 Å². The van der Waals surface area contributed by atoms with Crippen LogP contribution in [-0.2, 0) is 0 Å². The first kappa shape index (κ1) is 13.4. The number of amides is 1. The van der Waals surface area contributed by atoms with Crippen molar-refractivity contribution < 1.29 is 4.79 Å². The van der Waals surface area contributed by atoms with Gasteiger partial charge in [-0.2, -0.15) is 0 Å². The number of hydrogen-bond acceptors (Lipinski definition) is 5. The summed E-state index contributed by atoms with van der Waals surface area (Å²) in [6, 6.07) is 3.45. The molecule has 2 aromatic rings. The summed E-state index contributed by atoms with van der Waals surface area (Å²) in [5.74, 6) is 5.55. The highest BCUT2D eigenvalue weighted by Gasteiger charge is 2.12. The van der Waals surface area contributed by atoms with Crippen molar-refractivity contribution in [2.45, 2.75) is 6.92 Å². The molecule has 0 unspecified atom stereocenters. The number of anilines is 2. The number of carbonyl (C=O) groups is 1. The topological polar surface area (TPSA) is 92.9 Å². The van der Waals surface area contributed by atoms with Gasteiger partial charge in [0, 0.05) is 16.9 Å². The van der Waals surface area contributed by atoms with Crippen molar-refractivity contribution in [1.82, 2.24) is 9.97 Å². The summed E-state index contributed by atoms with van der Waals surface area (Å²) in [7, 11) is 0. The molecule has 0 saturated carbocycles. The lowest BCUT2D eigenvalue weighted by atomic mass is 10.2. The van der Waals surface area contributed by atoms with Crippen LogP contribution in [0.1, 0.15) is 15.9 Å². The van der Waals surface area contributed by atoms with Crippen LogP contribution in [0.15, 0.2) is 35.2 Å². The van der Waals surface area contributed by atoms with Crippen LogP contribution < -0.4 is 16.6 Å². The Bertz CT molecular complexity index is 617. The third-order valence-corrected chi connectivity index (χ3v) is 2.93. The minimum atomic E-state index is -0.298. The van der Waals surface area contributed by atoms with E-state index in [0.717, 1.165) is 10.0 Å². The molecule has 2 aromatic heterocycles. The highest BCUT2D eigenvalue weighted by atomic mass is 79.9. The number of aryl methyl sites for hydroxylation is 1. The molecule has 0 atom stereocenters. The molecule has 4 N–H and O–H groups in total. The molecule has 19 heavy (non-hydrogen) atoms. The van der Waals surface area contributed by atoms with Gasteiger partial charge in [0.1, 0.15) is 5.82 Å². The first-order chi connectivity index (χ1) is 9.11. The number of nitrogen functional groups attached to an aromatic ring is 1.